The molecule has 0 saturated carbocycles. The predicted octanol–water partition coefficient (Wildman–Crippen LogP) is 1.74. The van der Waals surface area contributed by atoms with Gasteiger partial charge in [0.25, 0.3) is 0 Å². The number of benzene rings is 1. The van der Waals surface area contributed by atoms with Crippen molar-refractivity contribution >= 4 is 0 Å². The molecule has 0 amide bonds. The first kappa shape index (κ1) is 10.9. The largest absolute Gasteiger partial charge is 0.508 e. The van der Waals surface area contributed by atoms with Crippen molar-refractivity contribution in [1.29, 1.82) is 0 Å². The molecule has 3 nitrogen and oxygen atoms in total. The van der Waals surface area contributed by atoms with Crippen LogP contribution < -0.4 is 10.5 Å². The highest BCUT2D eigenvalue weighted by Crippen LogP contribution is 2.29. The van der Waals surface area contributed by atoms with Crippen LogP contribution in [0.4, 0.5) is 0 Å². The zero-order valence-corrected chi connectivity index (χ0v) is 8.87. The Balaban J connectivity index is 2.89. The summed E-state index contributed by atoms with van der Waals surface area (Å²) in [6.45, 7) is 6.13. The Kier molecular flexibility index (Phi) is 3.36. The summed E-state index contributed by atoms with van der Waals surface area (Å²) >= 11 is 0. The number of nitrogens with two attached hydrogens (primary N) is 1. The summed E-state index contributed by atoms with van der Waals surface area (Å²) in [5.74, 6) is 0.998. The van der Waals surface area contributed by atoms with Gasteiger partial charge in [-0.05, 0) is 32.4 Å². The van der Waals surface area contributed by atoms with Crippen LogP contribution in [0, 0.1) is 13.8 Å². The molecule has 1 rings (SSSR count). The zero-order valence-electron chi connectivity index (χ0n) is 8.87. The number of aromatic hydroxyl groups is 1. The average molecular weight is 195 g/mol. The SMILES string of the molecule is Cc1ccc(O)c(C)c1OCC(C)N. The van der Waals surface area contributed by atoms with E-state index in [1.54, 1.807) is 6.07 Å². The maximum absolute atomic E-state index is 9.48. The lowest BCUT2D eigenvalue weighted by atomic mass is 10.1. The standard InChI is InChI=1S/C11H17NO2/c1-7-4-5-10(13)9(3)11(7)14-6-8(2)12/h4-5,8,13H,6,12H2,1-3H3. The minimum absolute atomic E-state index is 0.00357. The minimum Gasteiger partial charge on any atom is -0.508 e. The van der Waals surface area contributed by atoms with Crippen molar-refractivity contribution in [2.75, 3.05) is 6.61 Å². The molecule has 1 aromatic rings. The van der Waals surface area contributed by atoms with Crippen LogP contribution in [0.2, 0.25) is 0 Å². The Bertz CT molecular complexity index is 321. The first-order chi connectivity index (χ1) is 6.52. The molecule has 0 aliphatic heterocycles. The van der Waals surface area contributed by atoms with Crippen LogP contribution in [0.15, 0.2) is 12.1 Å². The number of phenols is 1. The number of hydrogen-bond acceptors (Lipinski definition) is 3. The van der Waals surface area contributed by atoms with E-state index in [0.29, 0.717) is 6.61 Å². The lowest BCUT2D eigenvalue weighted by Crippen LogP contribution is -2.24. The van der Waals surface area contributed by atoms with Gasteiger partial charge in [-0.15, -0.1) is 0 Å². The van der Waals surface area contributed by atoms with Gasteiger partial charge in [-0.3, -0.25) is 0 Å². The third kappa shape index (κ3) is 2.39. The van der Waals surface area contributed by atoms with E-state index >= 15 is 0 Å². The fraction of sp³-hybridized carbons (Fsp3) is 0.455. The van der Waals surface area contributed by atoms with Crippen LogP contribution in [-0.4, -0.2) is 17.8 Å². The van der Waals surface area contributed by atoms with E-state index in [1.165, 1.54) is 0 Å². The van der Waals surface area contributed by atoms with Crippen LogP contribution in [0.5, 0.6) is 11.5 Å². The van der Waals surface area contributed by atoms with Crippen LogP contribution in [-0.2, 0) is 0 Å². The highest BCUT2D eigenvalue weighted by Gasteiger charge is 2.08. The van der Waals surface area contributed by atoms with Gasteiger partial charge < -0.3 is 15.6 Å². The average Bonchev–Trinajstić information content (AvgIpc) is 2.11. The first-order valence-corrected chi connectivity index (χ1v) is 4.70. The topological polar surface area (TPSA) is 55.5 Å². The molecule has 0 aliphatic rings. The molecular weight excluding hydrogens is 178 g/mol. The van der Waals surface area contributed by atoms with Gasteiger partial charge in [-0.1, -0.05) is 6.07 Å². The van der Waals surface area contributed by atoms with Gasteiger partial charge in [0, 0.05) is 11.6 Å². The van der Waals surface area contributed by atoms with Crippen molar-refractivity contribution < 1.29 is 9.84 Å². The quantitative estimate of drug-likeness (QED) is 0.772. The predicted molar refractivity (Wildman–Crippen MR) is 56.7 cm³/mol. The third-order valence-corrected chi connectivity index (χ3v) is 2.06. The summed E-state index contributed by atoms with van der Waals surface area (Å²) in [5.41, 5.74) is 7.37. The maximum Gasteiger partial charge on any atom is 0.128 e. The fourth-order valence-corrected chi connectivity index (χ4v) is 1.25. The van der Waals surface area contributed by atoms with E-state index in [9.17, 15) is 5.11 Å². The summed E-state index contributed by atoms with van der Waals surface area (Å²) in [6, 6.07) is 3.50. The number of phenolic OH excluding ortho intramolecular Hbond substituents is 1. The normalized spacial score (nSPS) is 12.6. The lowest BCUT2D eigenvalue weighted by Gasteiger charge is -2.14. The second-order valence-corrected chi connectivity index (χ2v) is 3.64. The summed E-state index contributed by atoms with van der Waals surface area (Å²) in [5, 5.41) is 9.48. The molecule has 0 aliphatic carbocycles. The molecule has 0 heterocycles. The van der Waals surface area contributed by atoms with E-state index in [0.717, 1.165) is 16.9 Å². The Labute approximate surface area is 84.5 Å². The molecule has 0 fully saturated rings. The third-order valence-electron chi connectivity index (χ3n) is 2.06. The Hall–Kier alpha value is -1.22. The van der Waals surface area contributed by atoms with Gasteiger partial charge in [-0.25, -0.2) is 0 Å². The molecule has 0 bridgehead atoms. The van der Waals surface area contributed by atoms with Crippen molar-refractivity contribution in [2.24, 2.45) is 5.73 Å². The maximum atomic E-state index is 9.48. The Morgan fingerprint density at radius 2 is 2.07 bits per heavy atom. The minimum atomic E-state index is -0.00357. The number of hydrogen-bond donors (Lipinski definition) is 2. The van der Waals surface area contributed by atoms with Crippen molar-refractivity contribution in [1.82, 2.24) is 0 Å². The van der Waals surface area contributed by atoms with Gasteiger partial charge in [0.1, 0.15) is 18.1 Å². The smallest absolute Gasteiger partial charge is 0.128 e. The summed E-state index contributed by atoms with van der Waals surface area (Å²) in [4.78, 5) is 0. The molecule has 0 spiro atoms. The monoisotopic (exact) mass is 195 g/mol. The summed E-state index contributed by atoms with van der Waals surface area (Å²) in [6.07, 6.45) is 0. The summed E-state index contributed by atoms with van der Waals surface area (Å²) < 4.78 is 5.52. The molecule has 14 heavy (non-hydrogen) atoms. The Morgan fingerprint density at radius 3 is 2.64 bits per heavy atom. The van der Waals surface area contributed by atoms with Crippen molar-refractivity contribution in [3.8, 4) is 11.5 Å². The van der Waals surface area contributed by atoms with Gasteiger partial charge in [-0.2, -0.15) is 0 Å². The number of ether oxygens (including phenoxy) is 1. The molecule has 1 atom stereocenters. The molecule has 0 aromatic heterocycles. The molecular formula is C11H17NO2. The first-order valence-electron chi connectivity index (χ1n) is 4.70. The second kappa shape index (κ2) is 4.33. The Morgan fingerprint density at radius 1 is 1.43 bits per heavy atom. The molecule has 0 radical (unpaired) electrons. The van der Waals surface area contributed by atoms with E-state index < -0.39 is 0 Å². The van der Waals surface area contributed by atoms with E-state index in [4.69, 9.17) is 10.5 Å². The van der Waals surface area contributed by atoms with Crippen LogP contribution in [0.3, 0.4) is 0 Å². The molecule has 3 N–H and O–H groups in total. The van der Waals surface area contributed by atoms with Crippen LogP contribution in [0.1, 0.15) is 18.1 Å². The molecule has 1 aromatic carbocycles. The van der Waals surface area contributed by atoms with E-state index in [1.807, 2.05) is 26.8 Å². The van der Waals surface area contributed by atoms with Gasteiger partial charge in [0.15, 0.2) is 0 Å². The van der Waals surface area contributed by atoms with Crippen molar-refractivity contribution in [3.05, 3.63) is 23.3 Å². The van der Waals surface area contributed by atoms with Crippen molar-refractivity contribution in [3.63, 3.8) is 0 Å². The molecule has 78 valence electrons. The van der Waals surface area contributed by atoms with Gasteiger partial charge >= 0.3 is 0 Å². The molecule has 1 unspecified atom stereocenters. The van der Waals surface area contributed by atoms with Gasteiger partial charge in [0.05, 0.1) is 0 Å². The fourth-order valence-electron chi connectivity index (χ4n) is 1.25. The second-order valence-electron chi connectivity index (χ2n) is 3.64. The summed E-state index contributed by atoms with van der Waals surface area (Å²) in [7, 11) is 0. The molecule has 3 heteroatoms. The zero-order chi connectivity index (χ0) is 10.7. The van der Waals surface area contributed by atoms with Gasteiger partial charge in [0.2, 0.25) is 0 Å². The van der Waals surface area contributed by atoms with E-state index in [2.05, 4.69) is 0 Å². The van der Waals surface area contributed by atoms with E-state index in [-0.39, 0.29) is 11.8 Å². The number of aryl methyl sites for hydroxylation is 1. The van der Waals surface area contributed by atoms with Crippen LogP contribution >= 0.6 is 0 Å². The molecule has 0 saturated heterocycles. The highest BCUT2D eigenvalue weighted by atomic mass is 16.5. The van der Waals surface area contributed by atoms with Crippen LogP contribution in [0.25, 0.3) is 0 Å². The van der Waals surface area contributed by atoms with Crippen molar-refractivity contribution in [2.45, 2.75) is 26.8 Å². The lowest BCUT2D eigenvalue weighted by molar-refractivity contribution is 0.290. The highest BCUT2D eigenvalue weighted by molar-refractivity contribution is 5.47. The number of rotatable bonds is 3.